The Kier molecular flexibility index (Phi) is 2.65. The van der Waals surface area contributed by atoms with E-state index in [0.29, 0.717) is 11.1 Å². The number of nitrogens with zero attached hydrogens (tertiary/aromatic N) is 2. The molecule has 1 fully saturated rings. The third-order valence-corrected chi connectivity index (χ3v) is 3.32. The van der Waals surface area contributed by atoms with E-state index in [1.807, 2.05) is 12.1 Å². The Balaban J connectivity index is 1.95. The third kappa shape index (κ3) is 2.08. The molecule has 1 aromatic carbocycles. The van der Waals surface area contributed by atoms with Gasteiger partial charge in [0.15, 0.2) is 0 Å². The van der Waals surface area contributed by atoms with Crippen LogP contribution in [0.15, 0.2) is 36.8 Å². The number of rotatable bonds is 3. The Morgan fingerprint density at radius 2 is 2.24 bits per heavy atom. The molecule has 88 valence electrons. The number of halogens is 1. The lowest BCUT2D eigenvalue weighted by Gasteiger charge is -2.13. The molecule has 2 aromatic rings. The Labute approximate surface area is 105 Å². The average Bonchev–Trinajstić information content (AvgIpc) is 3.06. The lowest BCUT2D eigenvalue weighted by Crippen LogP contribution is -2.06. The first-order chi connectivity index (χ1) is 8.25. The van der Waals surface area contributed by atoms with E-state index in [4.69, 9.17) is 11.6 Å². The molecule has 1 heterocycles. The molecule has 3 nitrogen and oxygen atoms in total. The summed E-state index contributed by atoms with van der Waals surface area (Å²) in [4.78, 5) is 4.12. The van der Waals surface area contributed by atoms with E-state index in [1.165, 1.54) is 12.8 Å². The molecule has 1 aromatic heterocycles. The van der Waals surface area contributed by atoms with E-state index in [9.17, 15) is 5.11 Å². The number of aliphatic hydroxyl groups is 1. The van der Waals surface area contributed by atoms with Crippen LogP contribution in [0.25, 0.3) is 0 Å². The summed E-state index contributed by atoms with van der Waals surface area (Å²) in [6.45, 7) is 0. The van der Waals surface area contributed by atoms with Gasteiger partial charge >= 0.3 is 0 Å². The lowest BCUT2D eigenvalue weighted by atomic mass is 10.1. The Hall–Kier alpha value is -1.32. The van der Waals surface area contributed by atoms with Crippen molar-refractivity contribution in [3.8, 4) is 0 Å². The molecular formula is C13H13ClN2O. The summed E-state index contributed by atoms with van der Waals surface area (Å²) in [6.07, 6.45) is 5.21. The number of hydrogen-bond acceptors (Lipinski definition) is 2. The van der Waals surface area contributed by atoms with Crippen LogP contribution in [-0.2, 0) is 0 Å². The van der Waals surface area contributed by atoms with Crippen LogP contribution >= 0.6 is 11.6 Å². The van der Waals surface area contributed by atoms with Crippen LogP contribution < -0.4 is 0 Å². The fraction of sp³-hybridized carbons (Fsp3) is 0.308. The molecule has 1 atom stereocenters. The number of aliphatic hydroxyl groups excluding tert-OH is 1. The number of aromatic nitrogens is 2. The van der Waals surface area contributed by atoms with Crippen molar-refractivity contribution in [2.24, 2.45) is 0 Å². The fourth-order valence-electron chi connectivity index (χ4n) is 2.03. The predicted octanol–water partition coefficient (Wildman–Crippen LogP) is 2.95. The minimum Gasteiger partial charge on any atom is -0.382 e. The molecule has 0 saturated heterocycles. The molecule has 3 rings (SSSR count). The molecule has 1 N–H and O–H groups in total. The topological polar surface area (TPSA) is 38.1 Å². The summed E-state index contributed by atoms with van der Waals surface area (Å²) in [5.41, 5.74) is 1.65. The molecule has 1 aliphatic carbocycles. The molecule has 1 aliphatic rings. The zero-order valence-electron chi connectivity index (χ0n) is 9.25. The van der Waals surface area contributed by atoms with Crippen LogP contribution in [0.1, 0.15) is 36.2 Å². The van der Waals surface area contributed by atoms with Gasteiger partial charge in [0.1, 0.15) is 6.10 Å². The molecule has 17 heavy (non-hydrogen) atoms. The zero-order valence-corrected chi connectivity index (χ0v) is 10.0. The second kappa shape index (κ2) is 4.17. The highest BCUT2D eigenvalue weighted by atomic mass is 35.5. The SMILES string of the molecule is OC(c1cccc(Cl)c1)c1cncn1C1CC1. The van der Waals surface area contributed by atoms with Crippen molar-refractivity contribution < 1.29 is 5.11 Å². The van der Waals surface area contributed by atoms with Gasteiger partial charge < -0.3 is 9.67 Å². The van der Waals surface area contributed by atoms with Gasteiger partial charge in [-0.2, -0.15) is 0 Å². The summed E-state index contributed by atoms with van der Waals surface area (Å²) < 4.78 is 2.06. The molecular weight excluding hydrogens is 236 g/mol. The Morgan fingerprint density at radius 3 is 2.94 bits per heavy atom. The van der Waals surface area contributed by atoms with E-state index in [1.54, 1.807) is 24.7 Å². The smallest absolute Gasteiger partial charge is 0.121 e. The average molecular weight is 249 g/mol. The standard InChI is InChI=1S/C13H13ClN2O/c14-10-3-1-2-9(6-10)13(17)12-7-15-8-16(12)11-4-5-11/h1-3,6-8,11,13,17H,4-5H2. The van der Waals surface area contributed by atoms with E-state index < -0.39 is 6.10 Å². The molecule has 0 amide bonds. The maximum absolute atomic E-state index is 10.3. The van der Waals surface area contributed by atoms with Crippen molar-refractivity contribution in [2.45, 2.75) is 25.0 Å². The second-order valence-corrected chi connectivity index (χ2v) is 4.85. The van der Waals surface area contributed by atoms with Crippen molar-refractivity contribution in [3.63, 3.8) is 0 Å². The molecule has 0 spiro atoms. The van der Waals surface area contributed by atoms with Crippen molar-refractivity contribution in [3.05, 3.63) is 53.1 Å². The third-order valence-electron chi connectivity index (χ3n) is 3.08. The lowest BCUT2D eigenvalue weighted by molar-refractivity contribution is 0.210. The molecule has 1 saturated carbocycles. The minimum absolute atomic E-state index is 0.515. The summed E-state index contributed by atoms with van der Waals surface area (Å²) in [5, 5.41) is 11.0. The first-order valence-corrected chi connectivity index (χ1v) is 6.09. The van der Waals surface area contributed by atoms with Crippen LogP contribution in [0.4, 0.5) is 0 Å². The summed E-state index contributed by atoms with van der Waals surface area (Å²) in [6, 6.07) is 7.83. The number of benzene rings is 1. The van der Waals surface area contributed by atoms with Crippen molar-refractivity contribution >= 4 is 11.6 Å². The Bertz CT molecular complexity index is 534. The zero-order chi connectivity index (χ0) is 11.8. The van der Waals surface area contributed by atoms with E-state index >= 15 is 0 Å². The molecule has 4 heteroatoms. The monoisotopic (exact) mass is 248 g/mol. The largest absolute Gasteiger partial charge is 0.382 e. The highest BCUT2D eigenvalue weighted by Gasteiger charge is 2.27. The quantitative estimate of drug-likeness (QED) is 0.907. The minimum atomic E-state index is -0.656. The van der Waals surface area contributed by atoms with Gasteiger partial charge in [-0.25, -0.2) is 4.98 Å². The van der Waals surface area contributed by atoms with Gasteiger partial charge in [0, 0.05) is 11.1 Å². The van der Waals surface area contributed by atoms with Crippen molar-refractivity contribution in [2.75, 3.05) is 0 Å². The number of hydrogen-bond donors (Lipinski definition) is 1. The molecule has 0 aliphatic heterocycles. The van der Waals surface area contributed by atoms with E-state index in [2.05, 4.69) is 9.55 Å². The Morgan fingerprint density at radius 1 is 1.41 bits per heavy atom. The first-order valence-electron chi connectivity index (χ1n) is 5.71. The van der Waals surface area contributed by atoms with Crippen molar-refractivity contribution in [1.29, 1.82) is 0 Å². The fourth-order valence-corrected chi connectivity index (χ4v) is 2.23. The van der Waals surface area contributed by atoms with Gasteiger partial charge in [-0.1, -0.05) is 23.7 Å². The molecule has 0 radical (unpaired) electrons. The second-order valence-electron chi connectivity index (χ2n) is 4.41. The summed E-state index contributed by atoms with van der Waals surface area (Å²) in [5.74, 6) is 0. The van der Waals surface area contributed by atoms with Gasteiger partial charge in [0.25, 0.3) is 0 Å². The van der Waals surface area contributed by atoms with Gasteiger partial charge in [0.05, 0.1) is 18.2 Å². The summed E-state index contributed by atoms with van der Waals surface area (Å²) >= 11 is 5.93. The van der Waals surface area contributed by atoms with E-state index in [0.717, 1.165) is 11.3 Å². The normalized spacial score (nSPS) is 17.1. The van der Waals surface area contributed by atoms with Crippen molar-refractivity contribution in [1.82, 2.24) is 9.55 Å². The maximum atomic E-state index is 10.3. The molecule has 1 unspecified atom stereocenters. The number of imidazole rings is 1. The maximum Gasteiger partial charge on any atom is 0.121 e. The highest BCUT2D eigenvalue weighted by molar-refractivity contribution is 6.30. The van der Waals surface area contributed by atoms with Gasteiger partial charge in [-0.15, -0.1) is 0 Å². The van der Waals surface area contributed by atoms with Crippen LogP contribution in [0.5, 0.6) is 0 Å². The summed E-state index contributed by atoms with van der Waals surface area (Å²) in [7, 11) is 0. The van der Waals surface area contributed by atoms with Crippen LogP contribution in [0.3, 0.4) is 0 Å². The van der Waals surface area contributed by atoms with Gasteiger partial charge in [-0.05, 0) is 30.5 Å². The predicted molar refractivity (Wildman–Crippen MR) is 66.0 cm³/mol. The van der Waals surface area contributed by atoms with Gasteiger partial charge in [-0.3, -0.25) is 0 Å². The van der Waals surface area contributed by atoms with Crippen LogP contribution in [0.2, 0.25) is 5.02 Å². The van der Waals surface area contributed by atoms with E-state index in [-0.39, 0.29) is 0 Å². The first kappa shape index (κ1) is 10.8. The van der Waals surface area contributed by atoms with Crippen LogP contribution in [0, 0.1) is 0 Å². The van der Waals surface area contributed by atoms with Gasteiger partial charge in [0.2, 0.25) is 0 Å². The van der Waals surface area contributed by atoms with Crippen LogP contribution in [-0.4, -0.2) is 14.7 Å². The molecule has 0 bridgehead atoms. The highest BCUT2D eigenvalue weighted by Crippen LogP contribution is 2.37.